The van der Waals surface area contributed by atoms with E-state index in [2.05, 4.69) is 25.9 Å². The van der Waals surface area contributed by atoms with E-state index in [9.17, 15) is 9.59 Å². The Morgan fingerprint density at radius 3 is 2.86 bits per heavy atom. The fourth-order valence-corrected chi connectivity index (χ4v) is 2.19. The average molecular weight is 319 g/mol. The molecule has 2 aromatic rings. The highest BCUT2D eigenvalue weighted by Gasteiger charge is 2.13. The Balaban J connectivity index is 1.65. The van der Waals surface area contributed by atoms with Gasteiger partial charge in [0.25, 0.3) is 5.91 Å². The predicted molar refractivity (Wildman–Crippen MR) is 84.8 cm³/mol. The molecule has 1 atom stereocenters. The Hall–Kier alpha value is -2.32. The highest BCUT2D eigenvalue weighted by molar-refractivity contribution is 7.13. The lowest BCUT2D eigenvalue weighted by Crippen LogP contribution is -2.42. The van der Waals surface area contributed by atoms with Crippen molar-refractivity contribution in [1.29, 1.82) is 0 Å². The van der Waals surface area contributed by atoms with Crippen molar-refractivity contribution in [2.75, 3.05) is 18.4 Å². The molecule has 0 aromatic carbocycles. The molecule has 0 fully saturated rings. The molecule has 0 spiro atoms. The number of aromatic nitrogens is 2. The van der Waals surface area contributed by atoms with Gasteiger partial charge in [-0.15, -0.1) is 11.3 Å². The van der Waals surface area contributed by atoms with Gasteiger partial charge in [0.15, 0.2) is 5.13 Å². The number of carbonyl (C=O) groups excluding carboxylic acids is 2. The van der Waals surface area contributed by atoms with Crippen LogP contribution in [0.2, 0.25) is 0 Å². The zero-order valence-corrected chi connectivity index (χ0v) is 12.9. The third-order valence-electron chi connectivity index (χ3n) is 2.84. The van der Waals surface area contributed by atoms with Crippen LogP contribution >= 0.6 is 11.3 Å². The first-order chi connectivity index (χ1) is 10.7. The molecular weight excluding hydrogens is 302 g/mol. The van der Waals surface area contributed by atoms with Gasteiger partial charge in [-0.25, -0.2) is 4.98 Å². The van der Waals surface area contributed by atoms with E-state index in [1.165, 1.54) is 17.5 Å². The van der Waals surface area contributed by atoms with Crippen LogP contribution in [0.3, 0.4) is 0 Å². The van der Waals surface area contributed by atoms with Gasteiger partial charge in [0, 0.05) is 37.1 Å². The Kier molecular flexibility index (Phi) is 5.99. The summed E-state index contributed by atoms with van der Waals surface area (Å²) >= 11 is 1.36. The molecule has 0 aliphatic rings. The monoisotopic (exact) mass is 319 g/mol. The van der Waals surface area contributed by atoms with E-state index in [1.807, 2.05) is 0 Å². The third kappa shape index (κ3) is 4.90. The van der Waals surface area contributed by atoms with Crippen LogP contribution < -0.4 is 16.0 Å². The average Bonchev–Trinajstić information content (AvgIpc) is 3.04. The maximum absolute atomic E-state index is 11.9. The summed E-state index contributed by atoms with van der Waals surface area (Å²) in [6, 6.07) is 3.03. The van der Waals surface area contributed by atoms with Crippen molar-refractivity contribution < 1.29 is 9.59 Å². The highest BCUT2D eigenvalue weighted by atomic mass is 32.1. The van der Waals surface area contributed by atoms with Crippen LogP contribution in [0.25, 0.3) is 0 Å². The molecule has 2 aromatic heterocycles. The highest BCUT2D eigenvalue weighted by Crippen LogP contribution is 2.10. The summed E-state index contributed by atoms with van der Waals surface area (Å²) < 4.78 is 0. The van der Waals surface area contributed by atoms with E-state index in [0.29, 0.717) is 23.8 Å². The van der Waals surface area contributed by atoms with E-state index in [4.69, 9.17) is 0 Å². The lowest BCUT2D eigenvalue weighted by molar-refractivity contribution is -0.117. The van der Waals surface area contributed by atoms with Crippen LogP contribution in [0.15, 0.2) is 36.1 Å². The summed E-state index contributed by atoms with van der Waals surface area (Å²) in [6.07, 6.45) is 4.75. The maximum atomic E-state index is 11.9. The minimum atomic E-state index is -0.376. The fraction of sp³-hybridized carbons (Fsp3) is 0.286. The second-order valence-corrected chi connectivity index (χ2v) is 5.39. The van der Waals surface area contributed by atoms with Crippen molar-refractivity contribution >= 4 is 28.3 Å². The van der Waals surface area contributed by atoms with Crippen LogP contribution in [0, 0.1) is 0 Å². The standard InChI is InChI=1S/C14H17N5O2S/c1-10(12(20)19-14-18-7-8-22-14)16-5-6-17-13(21)11-3-2-4-15-9-11/h2-4,7-10,16H,5-6H2,1H3,(H,17,21)(H,18,19,20)/t10-/m1/s1. The molecule has 2 amide bonds. The number of nitrogens with zero attached hydrogens (tertiary/aromatic N) is 2. The van der Waals surface area contributed by atoms with Gasteiger partial charge >= 0.3 is 0 Å². The minimum absolute atomic E-state index is 0.159. The van der Waals surface area contributed by atoms with Gasteiger partial charge in [-0.3, -0.25) is 14.6 Å². The number of rotatable bonds is 7. The molecule has 116 valence electrons. The Morgan fingerprint density at radius 2 is 2.18 bits per heavy atom. The lowest BCUT2D eigenvalue weighted by atomic mass is 10.2. The van der Waals surface area contributed by atoms with E-state index in [0.717, 1.165) is 0 Å². The first kappa shape index (κ1) is 16.1. The Bertz CT molecular complexity index is 603. The van der Waals surface area contributed by atoms with Crippen molar-refractivity contribution in [2.24, 2.45) is 0 Å². The largest absolute Gasteiger partial charge is 0.351 e. The van der Waals surface area contributed by atoms with Gasteiger partial charge in [-0.1, -0.05) is 0 Å². The van der Waals surface area contributed by atoms with Gasteiger partial charge in [-0.05, 0) is 19.1 Å². The number of pyridine rings is 1. The molecule has 0 saturated carbocycles. The number of thiazole rings is 1. The summed E-state index contributed by atoms with van der Waals surface area (Å²) in [5.74, 6) is -0.344. The molecule has 0 unspecified atom stereocenters. The van der Waals surface area contributed by atoms with Gasteiger partial charge in [0.1, 0.15) is 0 Å². The number of anilines is 1. The van der Waals surface area contributed by atoms with Gasteiger partial charge in [0.2, 0.25) is 5.91 Å². The maximum Gasteiger partial charge on any atom is 0.252 e. The summed E-state index contributed by atoms with van der Waals surface area (Å²) in [5, 5.41) is 10.9. The fourth-order valence-electron chi connectivity index (χ4n) is 1.66. The molecule has 2 heterocycles. The molecule has 2 rings (SSSR count). The molecule has 0 bridgehead atoms. The molecule has 0 saturated heterocycles. The predicted octanol–water partition coefficient (Wildman–Crippen LogP) is 0.885. The van der Waals surface area contributed by atoms with E-state index in [1.54, 1.807) is 36.8 Å². The summed E-state index contributed by atoms with van der Waals surface area (Å²) in [7, 11) is 0. The smallest absolute Gasteiger partial charge is 0.252 e. The van der Waals surface area contributed by atoms with Crippen LogP contribution in [0.1, 0.15) is 17.3 Å². The molecule has 22 heavy (non-hydrogen) atoms. The molecule has 0 radical (unpaired) electrons. The van der Waals surface area contributed by atoms with Gasteiger partial charge in [0.05, 0.1) is 11.6 Å². The third-order valence-corrected chi connectivity index (χ3v) is 3.53. The summed E-state index contributed by atoms with van der Waals surface area (Å²) in [5.41, 5.74) is 0.511. The number of hydrogen-bond acceptors (Lipinski definition) is 6. The van der Waals surface area contributed by atoms with Gasteiger partial charge in [-0.2, -0.15) is 0 Å². The molecule has 7 nitrogen and oxygen atoms in total. The first-order valence-electron chi connectivity index (χ1n) is 6.79. The molecular formula is C14H17N5O2S. The van der Waals surface area contributed by atoms with E-state index < -0.39 is 0 Å². The molecule has 3 N–H and O–H groups in total. The molecule has 0 aliphatic heterocycles. The zero-order chi connectivity index (χ0) is 15.8. The minimum Gasteiger partial charge on any atom is -0.351 e. The Morgan fingerprint density at radius 1 is 1.32 bits per heavy atom. The van der Waals surface area contributed by atoms with Crippen molar-refractivity contribution in [3.05, 3.63) is 41.7 Å². The van der Waals surface area contributed by atoms with E-state index in [-0.39, 0.29) is 17.9 Å². The number of hydrogen-bond donors (Lipinski definition) is 3. The quantitative estimate of drug-likeness (QED) is 0.659. The van der Waals surface area contributed by atoms with Crippen LogP contribution in [-0.2, 0) is 4.79 Å². The first-order valence-corrected chi connectivity index (χ1v) is 7.67. The zero-order valence-electron chi connectivity index (χ0n) is 12.1. The topological polar surface area (TPSA) is 96.0 Å². The number of nitrogens with one attached hydrogen (secondary N) is 3. The van der Waals surface area contributed by atoms with Crippen molar-refractivity contribution in [1.82, 2.24) is 20.6 Å². The SMILES string of the molecule is C[C@@H](NCCNC(=O)c1cccnc1)C(=O)Nc1nccs1. The summed E-state index contributed by atoms with van der Waals surface area (Å²) in [6.45, 7) is 2.66. The number of carbonyl (C=O) groups is 2. The normalized spacial score (nSPS) is 11.7. The van der Waals surface area contributed by atoms with Crippen LogP contribution in [0.4, 0.5) is 5.13 Å². The van der Waals surface area contributed by atoms with E-state index >= 15 is 0 Å². The number of amides is 2. The molecule has 0 aliphatic carbocycles. The van der Waals surface area contributed by atoms with Crippen LogP contribution in [-0.4, -0.2) is 40.9 Å². The van der Waals surface area contributed by atoms with Crippen molar-refractivity contribution in [3.8, 4) is 0 Å². The second kappa shape index (κ2) is 8.20. The summed E-state index contributed by atoms with van der Waals surface area (Å²) in [4.78, 5) is 31.5. The van der Waals surface area contributed by atoms with Crippen LogP contribution in [0.5, 0.6) is 0 Å². The lowest BCUT2D eigenvalue weighted by Gasteiger charge is -2.13. The van der Waals surface area contributed by atoms with Crippen molar-refractivity contribution in [2.45, 2.75) is 13.0 Å². The Labute approximate surface area is 132 Å². The second-order valence-electron chi connectivity index (χ2n) is 4.50. The van der Waals surface area contributed by atoms with Crippen molar-refractivity contribution in [3.63, 3.8) is 0 Å². The molecule has 8 heteroatoms. The van der Waals surface area contributed by atoms with Gasteiger partial charge < -0.3 is 16.0 Å².